The molecule has 15 atom stereocenters. The Morgan fingerprint density at radius 3 is 2.26 bits per heavy atom. The highest BCUT2D eigenvalue weighted by Crippen LogP contribution is 2.43. The van der Waals surface area contributed by atoms with Crippen molar-refractivity contribution in [2.24, 2.45) is 35.5 Å². The highest BCUT2D eigenvalue weighted by atomic mass is 16.6. The fourth-order valence-corrected chi connectivity index (χ4v) is 11.3. The van der Waals surface area contributed by atoms with Crippen LogP contribution >= 0.6 is 0 Å². The second kappa shape index (κ2) is 27.3. The van der Waals surface area contributed by atoms with Crippen molar-refractivity contribution in [3.05, 3.63) is 71.4 Å². The SMILES string of the molecule is COc1ccc([C@H]2C[C@@H]3CC[C@@H](C)[C@@](O)(O3)C(=O)C(=O)N3CCCC[C@H]3C(=O)O[C@H]([C@H](C)C[C@@H]3CC[C@@H](O)[C@H](OC)C3)CC(=O)[C@H](C)/C=C(\C)[C@@H](O)[C@@H](OC)C(=O)[C@H](C)C[C@H](C)/C=C/C=CC=C2C)c(OC)c1. The summed E-state index contributed by atoms with van der Waals surface area (Å²) in [6.45, 7) is 12.8. The van der Waals surface area contributed by atoms with Crippen LogP contribution in [0.25, 0.3) is 0 Å². The number of hydrogen-bond donors (Lipinski definition) is 3. The molecular weight excluding hydrogens is 935 g/mol. The van der Waals surface area contributed by atoms with E-state index in [0.29, 0.717) is 81.3 Å². The lowest BCUT2D eigenvalue weighted by Gasteiger charge is -2.43. The second-order valence-electron chi connectivity index (χ2n) is 21.5. The number of methoxy groups -OCH3 is 4. The molecule has 1 saturated carbocycles. The van der Waals surface area contributed by atoms with E-state index in [9.17, 15) is 39.3 Å². The molecule has 1 aromatic carbocycles. The maximum Gasteiger partial charge on any atom is 0.329 e. The van der Waals surface area contributed by atoms with Crippen molar-refractivity contribution in [2.45, 2.75) is 180 Å². The molecular formula is C58H85NO14. The summed E-state index contributed by atoms with van der Waals surface area (Å²) < 4.78 is 35.3. The summed E-state index contributed by atoms with van der Waals surface area (Å²) in [5, 5.41) is 34.4. The molecule has 406 valence electrons. The number of carbonyl (C=O) groups is 5. The number of aliphatic hydroxyl groups excluding tert-OH is 2. The molecule has 15 nitrogen and oxygen atoms in total. The zero-order chi connectivity index (χ0) is 53.7. The highest BCUT2D eigenvalue weighted by Gasteiger charge is 2.53. The van der Waals surface area contributed by atoms with Crippen LogP contribution in [0.1, 0.15) is 137 Å². The van der Waals surface area contributed by atoms with Gasteiger partial charge in [-0.05, 0) is 114 Å². The van der Waals surface area contributed by atoms with Crippen LogP contribution < -0.4 is 9.47 Å². The quantitative estimate of drug-likeness (QED) is 0.128. The first-order chi connectivity index (χ1) is 34.7. The normalized spacial score (nSPS) is 36.0. The topological polar surface area (TPSA) is 205 Å². The summed E-state index contributed by atoms with van der Waals surface area (Å²) in [7, 11) is 6.10. The first-order valence-electron chi connectivity index (χ1n) is 26.5. The zero-order valence-electron chi connectivity index (χ0n) is 45.3. The minimum atomic E-state index is -2.49. The van der Waals surface area contributed by atoms with E-state index in [1.54, 1.807) is 54.2 Å². The van der Waals surface area contributed by atoms with Crippen molar-refractivity contribution in [2.75, 3.05) is 35.0 Å². The standard InChI is InChI=1S/C58H85NO14/c1-34-17-13-12-14-18-35(2)45(44-24-23-42(68-8)32-50(44)69-9)31-43-22-20-40(7)58(67,73-43)55(64)56(65)59-26-16-15-19-46(59)57(66)72-49(37(4)29-41-21-25-47(60)51(30-41)70-10)33-48(61)36(3)28-39(6)53(63)54(71-11)52(62)38(5)27-34/h12-14,17-18,23-24,28,32,34,36-38,40-41,43,45-47,49,51,53-54,60,63,67H,15-16,19-22,25-27,29-31,33H2,1-11H3/b14-12?,17-13+,35-18?,39-28+/t34-,36-,37-,38-,40-,41+,43+,45+,46+,47-,49+,51-,53-,54+,58-/m1/s1. The molecule has 5 rings (SSSR count). The minimum Gasteiger partial charge on any atom is -0.497 e. The van der Waals surface area contributed by atoms with Crippen molar-refractivity contribution >= 4 is 29.2 Å². The van der Waals surface area contributed by atoms with Gasteiger partial charge in [-0.1, -0.05) is 82.7 Å². The third-order valence-corrected chi connectivity index (χ3v) is 16.1. The van der Waals surface area contributed by atoms with Gasteiger partial charge in [-0.2, -0.15) is 0 Å². The summed E-state index contributed by atoms with van der Waals surface area (Å²) in [6, 6.07) is 4.39. The summed E-state index contributed by atoms with van der Waals surface area (Å²) in [4.78, 5) is 72.9. The number of esters is 1. The molecule has 4 aliphatic rings. The molecule has 3 N–H and O–H groups in total. The Morgan fingerprint density at radius 2 is 1.58 bits per heavy atom. The molecule has 3 fully saturated rings. The molecule has 0 unspecified atom stereocenters. The number of piperidine rings is 1. The van der Waals surface area contributed by atoms with Gasteiger partial charge in [0, 0.05) is 62.5 Å². The van der Waals surface area contributed by atoms with Crippen molar-refractivity contribution in [1.82, 2.24) is 4.90 Å². The molecule has 1 aliphatic carbocycles. The van der Waals surface area contributed by atoms with Gasteiger partial charge in [0.1, 0.15) is 41.6 Å². The first kappa shape index (κ1) is 59.4. The lowest BCUT2D eigenvalue weighted by molar-refractivity contribution is -0.264. The maximum absolute atomic E-state index is 14.6. The Morgan fingerprint density at radius 1 is 0.836 bits per heavy atom. The van der Waals surface area contributed by atoms with Crippen LogP contribution in [0.15, 0.2) is 65.8 Å². The van der Waals surface area contributed by atoms with Gasteiger partial charge in [0.25, 0.3) is 11.7 Å². The third kappa shape index (κ3) is 15.1. The number of hydrogen-bond acceptors (Lipinski definition) is 14. The van der Waals surface area contributed by atoms with Crippen LogP contribution in [0.3, 0.4) is 0 Å². The van der Waals surface area contributed by atoms with Crippen LogP contribution in [0.5, 0.6) is 11.5 Å². The van der Waals surface area contributed by atoms with Crippen molar-refractivity contribution < 1.29 is 67.7 Å². The summed E-state index contributed by atoms with van der Waals surface area (Å²) in [5.41, 5.74) is 2.14. The first-order valence-corrected chi connectivity index (χ1v) is 26.5. The van der Waals surface area contributed by atoms with Crippen LogP contribution in [0, 0.1) is 35.5 Å². The molecule has 1 aromatic rings. The predicted molar refractivity (Wildman–Crippen MR) is 277 cm³/mol. The summed E-state index contributed by atoms with van der Waals surface area (Å²) in [5.74, 6) is -7.37. The highest BCUT2D eigenvalue weighted by molar-refractivity contribution is 6.39. The maximum atomic E-state index is 14.6. The van der Waals surface area contributed by atoms with Gasteiger partial charge >= 0.3 is 5.97 Å². The van der Waals surface area contributed by atoms with Crippen molar-refractivity contribution in [1.29, 1.82) is 0 Å². The van der Waals surface area contributed by atoms with Gasteiger partial charge in [-0.25, -0.2) is 4.79 Å². The molecule has 0 radical (unpaired) electrons. The number of benzene rings is 1. The predicted octanol–water partition coefficient (Wildman–Crippen LogP) is 7.97. The van der Waals surface area contributed by atoms with Crippen molar-refractivity contribution in [3.8, 4) is 11.5 Å². The number of Topliss-reactive ketones (excluding diaryl/α,β-unsaturated/α-hetero) is 3. The monoisotopic (exact) mass is 1020 g/mol. The van der Waals surface area contributed by atoms with E-state index in [2.05, 4.69) is 0 Å². The average Bonchev–Trinajstić information content (AvgIpc) is 3.38. The van der Waals surface area contributed by atoms with E-state index in [4.69, 9.17) is 28.4 Å². The minimum absolute atomic E-state index is 0.0135. The molecule has 2 saturated heterocycles. The lowest BCUT2D eigenvalue weighted by Crippen LogP contribution is -2.60. The Kier molecular flexibility index (Phi) is 22.2. The second-order valence-corrected chi connectivity index (χ2v) is 21.5. The van der Waals surface area contributed by atoms with Gasteiger partial charge < -0.3 is 48.6 Å². The number of aliphatic hydroxyl groups is 3. The Labute approximate surface area is 433 Å². The van der Waals surface area contributed by atoms with Gasteiger partial charge in [0.15, 0.2) is 5.78 Å². The fourth-order valence-electron chi connectivity index (χ4n) is 11.3. The average molecular weight is 1020 g/mol. The Balaban J connectivity index is 1.53. The molecule has 3 aliphatic heterocycles. The van der Waals surface area contributed by atoms with Crippen LogP contribution in [0.4, 0.5) is 0 Å². The van der Waals surface area contributed by atoms with Gasteiger partial charge in [0.05, 0.1) is 32.5 Å². The lowest BCUT2D eigenvalue weighted by atomic mass is 9.78. The number of ether oxygens (including phenoxy) is 6. The molecule has 73 heavy (non-hydrogen) atoms. The van der Waals surface area contributed by atoms with Gasteiger partial charge in [-0.15, -0.1) is 0 Å². The Hall–Kier alpha value is -4.51. The molecule has 15 heteroatoms. The smallest absolute Gasteiger partial charge is 0.329 e. The molecule has 1 amide bonds. The summed E-state index contributed by atoms with van der Waals surface area (Å²) >= 11 is 0. The van der Waals surface area contributed by atoms with E-state index in [0.717, 1.165) is 11.1 Å². The molecule has 0 spiro atoms. The fraction of sp³-hybridized carbons (Fsp3) is 0.672. The van der Waals surface area contributed by atoms with E-state index in [1.165, 1.54) is 12.0 Å². The third-order valence-electron chi connectivity index (χ3n) is 16.1. The van der Waals surface area contributed by atoms with Gasteiger partial charge in [0.2, 0.25) is 5.79 Å². The number of carbonyl (C=O) groups excluding carboxylic acids is 5. The largest absolute Gasteiger partial charge is 0.497 e. The number of amides is 1. The van der Waals surface area contributed by atoms with Crippen LogP contribution in [-0.4, -0.2) is 133 Å². The number of rotatable bonds is 8. The molecule has 0 aromatic heterocycles. The van der Waals surface area contributed by atoms with Crippen LogP contribution in [0.2, 0.25) is 0 Å². The van der Waals surface area contributed by atoms with Crippen LogP contribution in [-0.2, 0) is 42.9 Å². The zero-order valence-corrected chi connectivity index (χ0v) is 45.3. The number of fused-ring (bicyclic) bond motifs is 3. The summed E-state index contributed by atoms with van der Waals surface area (Å²) in [6.07, 6.45) is 11.4. The number of ketones is 3. The molecule has 3 heterocycles. The molecule has 2 bridgehead atoms. The van der Waals surface area contributed by atoms with E-state index >= 15 is 0 Å². The number of cyclic esters (lactones) is 1. The Bertz CT molecular complexity index is 2180. The van der Waals surface area contributed by atoms with E-state index in [-0.39, 0.29) is 60.7 Å². The van der Waals surface area contributed by atoms with E-state index < -0.39 is 77.8 Å². The number of nitrogens with zero attached hydrogens (tertiary/aromatic N) is 1. The van der Waals surface area contributed by atoms with Gasteiger partial charge in [-0.3, -0.25) is 19.2 Å². The number of allylic oxidation sites excluding steroid dienone is 7. The van der Waals surface area contributed by atoms with E-state index in [1.807, 2.05) is 70.2 Å². The van der Waals surface area contributed by atoms with Crippen molar-refractivity contribution in [3.63, 3.8) is 0 Å².